The monoisotopic (exact) mass is 218 g/mol. The van der Waals surface area contributed by atoms with Crippen LogP contribution in [0.3, 0.4) is 0 Å². The number of rotatable bonds is 7. The third kappa shape index (κ3) is 4.63. The lowest BCUT2D eigenvalue weighted by Gasteiger charge is -2.21. The van der Waals surface area contributed by atoms with E-state index in [0.29, 0.717) is 0 Å². The number of halogens is 1. The maximum atomic E-state index is 5.73. The fraction of sp³-hybridized carbons (Fsp3) is 1.00. The Hall–Kier alpha value is 0.210. The summed E-state index contributed by atoms with van der Waals surface area (Å²) in [6.07, 6.45) is 4.10. The van der Waals surface area contributed by atoms with Gasteiger partial charge in [0.1, 0.15) is 0 Å². The number of hydrogen-bond donors (Lipinski definition) is 0. The van der Waals surface area contributed by atoms with Crippen molar-refractivity contribution in [3.8, 4) is 0 Å². The van der Waals surface area contributed by atoms with Crippen LogP contribution in [-0.4, -0.2) is 54.9 Å². The molecule has 2 nitrogen and oxygen atoms in total. The Kier molecular flexibility index (Phi) is 6.57. The predicted octanol–water partition coefficient (Wildman–Crippen LogP) is 2.03. The molecule has 1 aliphatic heterocycles. The molecular weight excluding hydrogens is 196 g/mol. The van der Waals surface area contributed by atoms with Crippen LogP contribution in [0.25, 0.3) is 0 Å². The van der Waals surface area contributed by atoms with Crippen LogP contribution < -0.4 is 0 Å². The molecule has 1 fully saturated rings. The Balaban J connectivity index is 2.00. The van der Waals surface area contributed by atoms with Gasteiger partial charge in [0.05, 0.1) is 0 Å². The van der Waals surface area contributed by atoms with Gasteiger partial charge in [-0.3, -0.25) is 0 Å². The Morgan fingerprint density at radius 3 is 2.50 bits per heavy atom. The van der Waals surface area contributed by atoms with E-state index in [2.05, 4.69) is 16.7 Å². The highest BCUT2D eigenvalue weighted by atomic mass is 35.5. The molecule has 14 heavy (non-hydrogen) atoms. The van der Waals surface area contributed by atoms with Gasteiger partial charge in [-0.05, 0) is 52.0 Å². The van der Waals surface area contributed by atoms with E-state index in [-0.39, 0.29) is 0 Å². The fourth-order valence-electron chi connectivity index (χ4n) is 2.07. The minimum atomic E-state index is 0.761. The molecule has 0 atom stereocenters. The number of alkyl halides is 1. The van der Waals surface area contributed by atoms with Crippen molar-refractivity contribution in [3.63, 3.8) is 0 Å². The zero-order chi connectivity index (χ0) is 10.2. The van der Waals surface area contributed by atoms with Crippen molar-refractivity contribution in [3.05, 3.63) is 0 Å². The molecule has 1 aliphatic rings. The average Bonchev–Trinajstić information content (AvgIpc) is 2.69. The van der Waals surface area contributed by atoms with Crippen LogP contribution in [0, 0.1) is 0 Å². The maximum absolute atomic E-state index is 5.73. The molecule has 0 amide bonds. The largest absolute Gasteiger partial charge is 0.303 e. The Morgan fingerprint density at radius 2 is 1.93 bits per heavy atom. The molecule has 3 heteroatoms. The van der Waals surface area contributed by atoms with Crippen LogP contribution in [0.4, 0.5) is 0 Å². The summed E-state index contributed by atoms with van der Waals surface area (Å²) in [4.78, 5) is 5.01. The van der Waals surface area contributed by atoms with Crippen molar-refractivity contribution in [2.45, 2.75) is 26.2 Å². The van der Waals surface area contributed by atoms with Crippen molar-refractivity contribution >= 4 is 11.6 Å². The second-order valence-electron chi connectivity index (χ2n) is 4.03. The number of likely N-dealkylation sites (tertiary alicyclic amines) is 1. The van der Waals surface area contributed by atoms with E-state index in [4.69, 9.17) is 11.6 Å². The first-order valence-electron chi connectivity index (χ1n) is 5.87. The molecule has 0 unspecified atom stereocenters. The molecule has 1 heterocycles. The molecule has 1 rings (SSSR count). The quantitative estimate of drug-likeness (QED) is 0.604. The molecule has 0 spiro atoms. The predicted molar refractivity (Wildman–Crippen MR) is 63.1 cm³/mol. The zero-order valence-electron chi connectivity index (χ0n) is 9.34. The SMILES string of the molecule is CCN(CCCl)CCCN1CCCC1. The molecule has 0 bridgehead atoms. The Bertz CT molecular complexity index is 135. The van der Waals surface area contributed by atoms with Gasteiger partial charge >= 0.3 is 0 Å². The van der Waals surface area contributed by atoms with E-state index in [0.717, 1.165) is 19.0 Å². The van der Waals surface area contributed by atoms with Gasteiger partial charge in [0.25, 0.3) is 0 Å². The summed E-state index contributed by atoms with van der Waals surface area (Å²) in [5, 5.41) is 0. The van der Waals surface area contributed by atoms with Crippen LogP contribution in [0.1, 0.15) is 26.2 Å². The van der Waals surface area contributed by atoms with Crippen LogP contribution in [0.2, 0.25) is 0 Å². The number of hydrogen-bond acceptors (Lipinski definition) is 2. The lowest BCUT2D eigenvalue weighted by atomic mass is 10.3. The lowest BCUT2D eigenvalue weighted by Crippen LogP contribution is -2.30. The molecule has 0 radical (unpaired) electrons. The molecular formula is C11H23ClN2. The highest BCUT2D eigenvalue weighted by molar-refractivity contribution is 6.18. The highest BCUT2D eigenvalue weighted by Gasteiger charge is 2.10. The molecule has 0 aliphatic carbocycles. The van der Waals surface area contributed by atoms with E-state index in [1.165, 1.54) is 45.4 Å². The van der Waals surface area contributed by atoms with Gasteiger partial charge in [-0.1, -0.05) is 6.92 Å². The van der Waals surface area contributed by atoms with Gasteiger partial charge in [0.2, 0.25) is 0 Å². The van der Waals surface area contributed by atoms with Crippen molar-refractivity contribution < 1.29 is 0 Å². The normalized spacial score (nSPS) is 18.2. The second-order valence-corrected chi connectivity index (χ2v) is 4.40. The van der Waals surface area contributed by atoms with Gasteiger partial charge in [0.15, 0.2) is 0 Å². The summed E-state index contributed by atoms with van der Waals surface area (Å²) >= 11 is 5.73. The van der Waals surface area contributed by atoms with Gasteiger partial charge in [-0.25, -0.2) is 0 Å². The summed E-state index contributed by atoms with van der Waals surface area (Å²) in [5.41, 5.74) is 0. The van der Waals surface area contributed by atoms with Crippen LogP contribution >= 0.6 is 11.6 Å². The van der Waals surface area contributed by atoms with Crippen molar-refractivity contribution in [1.82, 2.24) is 9.80 Å². The first-order valence-corrected chi connectivity index (χ1v) is 6.41. The van der Waals surface area contributed by atoms with Crippen molar-refractivity contribution in [2.24, 2.45) is 0 Å². The third-order valence-corrected chi connectivity index (χ3v) is 3.16. The van der Waals surface area contributed by atoms with E-state index in [1.807, 2.05) is 0 Å². The average molecular weight is 219 g/mol. The highest BCUT2D eigenvalue weighted by Crippen LogP contribution is 2.07. The molecule has 0 saturated carbocycles. The minimum Gasteiger partial charge on any atom is -0.303 e. The Morgan fingerprint density at radius 1 is 1.21 bits per heavy atom. The first-order chi connectivity index (χ1) is 6.86. The van der Waals surface area contributed by atoms with E-state index >= 15 is 0 Å². The lowest BCUT2D eigenvalue weighted by molar-refractivity contribution is 0.264. The molecule has 84 valence electrons. The van der Waals surface area contributed by atoms with E-state index in [9.17, 15) is 0 Å². The van der Waals surface area contributed by atoms with E-state index in [1.54, 1.807) is 0 Å². The number of nitrogens with zero attached hydrogens (tertiary/aromatic N) is 2. The van der Waals surface area contributed by atoms with E-state index < -0.39 is 0 Å². The fourth-order valence-corrected chi connectivity index (χ4v) is 2.31. The van der Waals surface area contributed by atoms with Gasteiger partial charge in [-0.2, -0.15) is 0 Å². The second kappa shape index (κ2) is 7.49. The summed E-state index contributed by atoms with van der Waals surface area (Å²) in [7, 11) is 0. The van der Waals surface area contributed by atoms with Crippen molar-refractivity contribution in [2.75, 3.05) is 45.1 Å². The molecule has 0 aromatic carbocycles. The molecule has 1 saturated heterocycles. The molecule has 0 aromatic rings. The maximum Gasteiger partial charge on any atom is 0.0351 e. The summed E-state index contributed by atoms with van der Waals surface area (Å²) in [6, 6.07) is 0. The van der Waals surface area contributed by atoms with Crippen LogP contribution in [0.15, 0.2) is 0 Å². The van der Waals surface area contributed by atoms with Gasteiger partial charge in [-0.15, -0.1) is 11.6 Å². The first kappa shape index (κ1) is 12.3. The Labute approximate surface area is 93.2 Å². The summed E-state index contributed by atoms with van der Waals surface area (Å²) < 4.78 is 0. The van der Waals surface area contributed by atoms with Crippen LogP contribution in [0.5, 0.6) is 0 Å². The van der Waals surface area contributed by atoms with Crippen molar-refractivity contribution in [1.29, 1.82) is 0 Å². The van der Waals surface area contributed by atoms with Gasteiger partial charge < -0.3 is 9.80 Å². The molecule has 0 N–H and O–H groups in total. The topological polar surface area (TPSA) is 6.48 Å². The van der Waals surface area contributed by atoms with Gasteiger partial charge in [0, 0.05) is 12.4 Å². The smallest absolute Gasteiger partial charge is 0.0351 e. The standard InChI is InChI=1S/C11H23ClN2/c1-2-13(11-6-12)9-5-10-14-7-3-4-8-14/h2-11H2,1H3. The van der Waals surface area contributed by atoms with Crippen LogP contribution in [-0.2, 0) is 0 Å². The zero-order valence-corrected chi connectivity index (χ0v) is 10.1. The third-order valence-electron chi connectivity index (χ3n) is 3.00. The minimum absolute atomic E-state index is 0.761. The molecule has 0 aromatic heterocycles. The summed E-state index contributed by atoms with van der Waals surface area (Å²) in [5.74, 6) is 0.761. The summed E-state index contributed by atoms with van der Waals surface area (Å²) in [6.45, 7) is 9.51.